The quantitative estimate of drug-likeness (QED) is 0.660. The van der Waals surface area contributed by atoms with Crippen LogP contribution < -0.4 is 5.32 Å². The number of amides is 1. The first-order chi connectivity index (χ1) is 5.96. The summed E-state index contributed by atoms with van der Waals surface area (Å²) in [6, 6.07) is 0.403. The van der Waals surface area contributed by atoms with E-state index in [0.717, 1.165) is 6.42 Å². The smallest absolute Gasteiger partial charge is 0.220 e. The van der Waals surface area contributed by atoms with Gasteiger partial charge in [-0.25, -0.2) is 0 Å². The molecule has 3 heteroatoms. The third kappa shape index (κ3) is 1.70. The number of ether oxygens (including phenoxy) is 1. The van der Waals surface area contributed by atoms with Crippen molar-refractivity contribution >= 4 is 5.91 Å². The summed E-state index contributed by atoms with van der Waals surface area (Å²) in [5, 5.41) is 2.95. The molecular formula is C10H17NO2. The fourth-order valence-corrected chi connectivity index (χ4v) is 2.17. The van der Waals surface area contributed by atoms with E-state index < -0.39 is 0 Å². The van der Waals surface area contributed by atoms with Crippen molar-refractivity contribution in [3.05, 3.63) is 0 Å². The maximum Gasteiger partial charge on any atom is 0.220 e. The van der Waals surface area contributed by atoms with E-state index in [2.05, 4.69) is 26.1 Å². The van der Waals surface area contributed by atoms with Gasteiger partial charge >= 0.3 is 0 Å². The predicted octanol–water partition coefficient (Wildman–Crippen LogP) is 1.08. The van der Waals surface area contributed by atoms with Crippen LogP contribution in [0.15, 0.2) is 0 Å². The van der Waals surface area contributed by atoms with E-state index >= 15 is 0 Å². The van der Waals surface area contributed by atoms with Gasteiger partial charge in [-0.05, 0) is 27.2 Å². The first-order valence-electron chi connectivity index (χ1n) is 4.93. The minimum atomic E-state index is -0.0821. The van der Waals surface area contributed by atoms with E-state index in [0.29, 0.717) is 24.5 Å². The van der Waals surface area contributed by atoms with Gasteiger partial charge in [-0.1, -0.05) is 0 Å². The number of carbonyl (C=O) groups excluding carboxylic acids is 1. The number of hydrogen-bond acceptors (Lipinski definition) is 2. The summed E-state index contributed by atoms with van der Waals surface area (Å²) in [5.41, 5.74) is -0.0821. The van der Waals surface area contributed by atoms with E-state index in [1.807, 2.05) is 0 Å². The highest BCUT2D eigenvalue weighted by atomic mass is 16.5. The van der Waals surface area contributed by atoms with E-state index in [1.54, 1.807) is 0 Å². The molecule has 0 unspecified atom stereocenters. The molecule has 1 aliphatic carbocycles. The molecule has 2 fully saturated rings. The zero-order valence-electron chi connectivity index (χ0n) is 8.46. The summed E-state index contributed by atoms with van der Waals surface area (Å²) in [4.78, 5) is 11.0. The molecule has 0 spiro atoms. The molecule has 1 N–H and O–H groups in total. The van der Waals surface area contributed by atoms with Crippen molar-refractivity contribution in [2.45, 2.75) is 51.4 Å². The second-order valence-electron chi connectivity index (χ2n) is 5.05. The number of nitrogens with one attached hydrogen (secondary N) is 1. The van der Waals surface area contributed by atoms with Crippen molar-refractivity contribution in [2.75, 3.05) is 0 Å². The molecule has 1 aliphatic heterocycles. The van der Waals surface area contributed by atoms with Crippen molar-refractivity contribution in [1.82, 2.24) is 5.32 Å². The highest BCUT2D eigenvalue weighted by molar-refractivity contribution is 5.79. The fraction of sp³-hybridized carbons (Fsp3) is 0.900. The maximum atomic E-state index is 11.0. The Hall–Kier alpha value is -0.570. The molecule has 1 saturated carbocycles. The van der Waals surface area contributed by atoms with Crippen LogP contribution in [0, 0.1) is 5.92 Å². The molecule has 74 valence electrons. The first-order valence-corrected chi connectivity index (χ1v) is 4.93. The van der Waals surface area contributed by atoms with Crippen LogP contribution in [0.2, 0.25) is 0 Å². The molecule has 0 aromatic rings. The lowest BCUT2D eigenvalue weighted by molar-refractivity contribution is -0.129. The van der Waals surface area contributed by atoms with Crippen molar-refractivity contribution in [3.63, 3.8) is 0 Å². The summed E-state index contributed by atoms with van der Waals surface area (Å²) in [5.74, 6) is 0.627. The Balaban J connectivity index is 1.90. The van der Waals surface area contributed by atoms with Gasteiger partial charge in [-0.3, -0.25) is 4.79 Å². The Labute approximate surface area is 78.8 Å². The lowest BCUT2D eigenvalue weighted by Crippen LogP contribution is -2.51. The van der Waals surface area contributed by atoms with Gasteiger partial charge in [0.15, 0.2) is 0 Å². The molecule has 2 rings (SSSR count). The zero-order valence-corrected chi connectivity index (χ0v) is 8.46. The normalized spacial score (nSPS) is 38.1. The average Bonchev–Trinajstić information content (AvgIpc) is 2.22. The van der Waals surface area contributed by atoms with E-state index in [4.69, 9.17) is 4.74 Å². The van der Waals surface area contributed by atoms with Crippen LogP contribution in [0.5, 0.6) is 0 Å². The molecule has 0 bridgehead atoms. The van der Waals surface area contributed by atoms with Gasteiger partial charge in [-0.15, -0.1) is 0 Å². The van der Waals surface area contributed by atoms with Gasteiger partial charge in [0.25, 0.3) is 0 Å². The predicted molar refractivity (Wildman–Crippen MR) is 49.3 cm³/mol. The zero-order chi connectivity index (χ0) is 9.64. The van der Waals surface area contributed by atoms with Crippen molar-refractivity contribution < 1.29 is 9.53 Å². The van der Waals surface area contributed by atoms with Crippen LogP contribution in [-0.2, 0) is 9.53 Å². The maximum absolute atomic E-state index is 11.0. The third-order valence-corrected chi connectivity index (χ3v) is 2.75. The summed E-state index contributed by atoms with van der Waals surface area (Å²) >= 11 is 0. The Morgan fingerprint density at radius 2 is 2.15 bits per heavy atom. The van der Waals surface area contributed by atoms with Crippen LogP contribution >= 0.6 is 0 Å². The van der Waals surface area contributed by atoms with Gasteiger partial charge in [0, 0.05) is 18.4 Å². The molecule has 0 radical (unpaired) electrons. The van der Waals surface area contributed by atoms with Gasteiger partial charge in [0.1, 0.15) is 0 Å². The van der Waals surface area contributed by atoms with E-state index in [-0.39, 0.29) is 11.5 Å². The SMILES string of the molecule is CC(C)(C)O[C@@H]1C[C@H]2NC(=O)C[C@H]21. The number of fused-ring (bicyclic) bond motifs is 1. The summed E-state index contributed by atoms with van der Waals surface area (Å²) < 4.78 is 5.84. The van der Waals surface area contributed by atoms with Crippen LogP contribution in [0.1, 0.15) is 33.6 Å². The summed E-state index contributed by atoms with van der Waals surface area (Å²) in [6.45, 7) is 6.18. The fourth-order valence-electron chi connectivity index (χ4n) is 2.17. The molecule has 1 saturated heterocycles. The molecule has 3 nitrogen and oxygen atoms in total. The van der Waals surface area contributed by atoms with Crippen LogP contribution in [-0.4, -0.2) is 23.7 Å². The lowest BCUT2D eigenvalue weighted by atomic mass is 9.77. The standard InChI is InChI=1S/C10H17NO2/c1-10(2,3)13-8-5-7-6(8)4-9(12)11-7/h6-8H,4-5H2,1-3H3,(H,11,12)/t6-,7-,8-/m1/s1. The van der Waals surface area contributed by atoms with Gasteiger partial charge in [0.05, 0.1) is 11.7 Å². The average molecular weight is 183 g/mol. The van der Waals surface area contributed by atoms with Crippen LogP contribution in [0.25, 0.3) is 0 Å². The van der Waals surface area contributed by atoms with Gasteiger partial charge < -0.3 is 10.1 Å². The summed E-state index contributed by atoms with van der Waals surface area (Å²) in [7, 11) is 0. The van der Waals surface area contributed by atoms with Crippen molar-refractivity contribution in [1.29, 1.82) is 0 Å². The largest absolute Gasteiger partial charge is 0.372 e. The van der Waals surface area contributed by atoms with Crippen LogP contribution in [0.3, 0.4) is 0 Å². The molecular weight excluding hydrogens is 166 g/mol. The number of hydrogen-bond donors (Lipinski definition) is 1. The van der Waals surface area contributed by atoms with E-state index in [1.165, 1.54) is 0 Å². The third-order valence-electron chi connectivity index (χ3n) is 2.75. The molecule has 0 aromatic heterocycles. The Morgan fingerprint density at radius 3 is 2.69 bits per heavy atom. The molecule has 0 aromatic carbocycles. The molecule has 3 atom stereocenters. The minimum Gasteiger partial charge on any atom is -0.372 e. The first kappa shape index (κ1) is 9.00. The Morgan fingerprint density at radius 1 is 1.46 bits per heavy atom. The minimum absolute atomic E-state index is 0.0821. The lowest BCUT2D eigenvalue weighted by Gasteiger charge is -2.42. The van der Waals surface area contributed by atoms with Gasteiger partial charge in [-0.2, -0.15) is 0 Å². The Bertz CT molecular complexity index is 232. The second-order valence-corrected chi connectivity index (χ2v) is 5.05. The topological polar surface area (TPSA) is 38.3 Å². The number of carbonyl (C=O) groups is 1. The molecule has 13 heavy (non-hydrogen) atoms. The van der Waals surface area contributed by atoms with Crippen LogP contribution in [0.4, 0.5) is 0 Å². The number of rotatable bonds is 1. The van der Waals surface area contributed by atoms with Gasteiger partial charge in [0.2, 0.25) is 5.91 Å². The van der Waals surface area contributed by atoms with Crippen molar-refractivity contribution in [2.24, 2.45) is 5.92 Å². The highest BCUT2D eigenvalue weighted by Crippen LogP contribution is 2.39. The second kappa shape index (κ2) is 2.71. The molecule has 2 aliphatic rings. The van der Waals surface area contributed by atoms with E-state index in [9.17, 15) is 4.79 Å². The molecule has 1 heterocycles. The summed E-state index contributed by atoms with van der Waals surface area (Å²) in [6.07, 6.45) is 1.95. The monoisotopic (exact) mass is 183 g/mol. The Kier molecular flexibility index (Phi) is 1.88. The molecule has 1 amide bonds. The highest BCUT2D eigenvalue weighted by Gasteiger charge is 2.49. The van der Waals surface area contributed by atoms with Crippen molar-refractivity contribution in [3.8, 4) is 0 Å².